The SMILES string of the molecule is Cc1ccc(OC[C@@H](O)Cn2nc(C)c3ccccc3c2=O)cc1. The molecule has 0 radical (unpaired) electrons. The van der Waals surface area contributed by atoms with Gasteiger partial charge in [-0.3, -0.25) is 4.79 Å². The molecule has 2 aromatic carbocycles. The Bertz CT molecular complexity index is 901. The minimum atomic E-state index is -0.822. The maximum absolute atomic E-state index is 12.5. The lowest BCUT2D eigenvalue weighted by molar-refractivity contribution is 0.0880. The molecule has 0 unspecified atom stereocenters. The summed E-state index contributed by atoms with van der Waals surface area (Å²) in [5, 5.41) is 15.9. The van der Waals surface area contributed by atoms with Crippen molar-refractivity contribution in [1.29, 1.82) is 0 Å². The normalized spacial score (nSPS) is 12.3. The maximum Gasteiger partial charge on any atom is 0.274 e. The summed E-state index contributed by atoms with van der Waals surface area (Å²) in [7, 11) is 0. The largest absolute Gasteiger partial charge is 0.491 e. The summed E-state index contributed by atoms with van der Waals surface area (Å²) in [5.41, 5.74) is 1.70. The summed E-state index contributed by atoms with van der Waals surface area (Å²) in [6, 6.07) is 15.0. The highest BCUT2D eigenvalue weighted by molar-refractivity contribution is 5.83. The monoisotopic (exact) mass is 324 g/mol. The molecule has 3 rings (SSSR count). The Hall–Kier alpha value is -2.66. The molecule has 1 aromatic heterocycles. The first kappa shape index (κ1) is 16.2. The Morgan fingerprint density at radius 3 is 2.46 bits per heavy atom. The van der Waals surface area contributed by atoms with Crippen molar-refractivity contribution in [2.24, 2.45) is 0 Å². The predicted octanol–water partition coefficient (Wildman–Crippen LogP) is 2.45. The van der Waals surface area contributed by atoms with Gasteiger partial charge >= 0.3 is 0 Å². The second-order valence-electron chi connectivity index (χ2n) is 5.90. The number of fused-ring (bicyclic) bond motifs is 1. The van der Waals surface area contributed by atoms with Crippen molar-refractivity contribution < 1.29 is 9.84 Å². The molecule has 0 saturated carbocycles. The van der Waals surface area contributed by atoms with Crippen molar-refractivity contribution >= 4 is 10.8 Å². The van der Waals surface area contributed by atoms with Crippen molar-refractivity contribution in [3.8, 4) is 5.75 Å². The fraction of sp³-hybridized carbons (Fsp3) is 0.263. The van der Waals surface area contributed by atoms with E-state index in [1.807, 2.05) is 56.3 Å². The molecular weight excluding hydrogens is 304 g/mol. The average molecular weight is 324 g/mol. The number of nitrogens with zero attached hydrogens (tertiary/aromatic N) is 2. The lowest BCUT2D eigenvalue weighted by Crippen LogP contribution is -2.32. The average Bonchev–Trinajstić information content (AvgIpc) is 2.59. The topological polar surface area (TPSA) is 64.3 Å². The highest BCUT2D eigenvalue weighted by atomic mass is 16.5. The first-order chi connectivity index (χ1) is 11.5. The van der Waals surface area contributed by atoms with Gasteiger partial charge in [-0.15, -0.1) is 0 Å². The molecule has 3 aromatic rings. The highest BCUT2D eigenvalue weighted by Crippen LogP contribution is 2.13. The van der Waals surface area contributed by atoms with Crippen LogP contribution in [0.5, 0.6) is 5.75 Å². The lowest BCUT2D eigenvalue weighted by atomic mass is 10.1. The molecule has 124 valence electrons. The number of benzene rings is 2. The van der Waals surface area contributed by atoms with Gasteiger partial charge < -0.3 is 9.84 Å². The smallest absolute Gasteiger partial charge is 0.274 e. The Labute approximate surface area is 140 Å². The van der Waals surface area contributed by atoms with Crippen molar-refractivity contribution in [2.45, 2.75) is 26.5 Å². The standard InChI is InChI=1S/C19H20N2O3/c1-13-7-9-16(10-8-13)24-12-15(22)11-21-19(23)18-6-4-3-5-17(18)14(2)20-21/h3-10,15,22H,11-12H2,1-2H3/t15-/m0/s1. The molecule has 0 aliphatic rings. The summed E-state index contributed by atoms with van der Waals surface area (Å²) in [4.78, 5) is 12.5. The van der Waals surface area contributed by atoms with Gasteiger partial charge in [0.2, 0.25) is 0 Å². The zero-order valence-electron chi connectivity index (χ0n) is 13.8. The summed E-state index contributed by atoms with van der Waals surface area (Å²) in [6.45, 7) is 4.05. The molecule has 0 saturated heterocycles. The van der Waals surface area contributed by atoms with Gasteiger partial charge in [0.15, 0.2) is 0 Å². The molecule has 0 amide bonds. The zero-order valence-corrected chi connectivity index (χ0v) is 13.8. The number of aromatic nitrogens is 2. The second kappa shape index (κ2) is 6.84. The molecule has 0 spiro atoms. The zero-order chi connectivity index (χ0) is 17.1. The fourth-order valence-corrected chi connectivity index (χ4v) is 2.61. The number of aryl methyl sites for hydroxylation is 2. The predicted molar refractivity (Wildman–Crippen MR) is 93.4 cm³/mol. The van der Waals surface area contributed by atoms with Gasteiger partial charge in [-0.05, 0) is 32.0 Å². The number of aliphatic hydroxyl groups is 1. The van der Waals surface area contributed by atoms with E-state index in [1.165, 1.54) is 4.68 Å². The third-order valence-corrected chi connectivity index (χ3v) is 3.90. The van der Waals surface area contributed by atoms with Crippen LogP contribution < -0.4 is 10.3 Å². The quantitative estimate of drug-likeness (QED) is 0.783. The molecular formula is C19H20N2O3. The van der Waals surface area contributed by atoms with Gasteiger partial charge in [-0.1, -0.05) is 35.9 Å². The Morgan fingerprint density at radius 2 is 1.75 bits per heavy atom. The van der Waals surface area contributed by atoms with Crippen molar-refractivity contribution in [2.75, 3.05) is 6.61 Å². The highest BCUT2D eigenvalue weighted by Gasteiger charge is 2.12. The number of ether oxygens (including phenoxy) is 1. The van der Waals surface area contributed by atoms with Crippen molar-refractivity contribution in [3.63, 3.8) is 0 Å². The van der Waals surface area contributed by atoms with Crippen LogP contribution in [0.1, 0.15) is 11.3 Å². The van der Waals surface area contributed by atoms with Crippen LogP contribution in [0.15, 0.2) is 53.3 Å². The van der Waals surface area contributed by atoms with E-state index in [2.05, 4.69) is 5.10 Å². The van der Waals surface area contributed by atoms with Gasteiger partial charge in [0.25, 0.3) is 5.56 Å². The summed E-state index contributed by atoms with van der Waals surface area (Å²) in [5.74, 6) is 0.689. The molecule has 24 heavy (non-hydrogen) atoms. The van der Waals surface area contributed by atoms with Crippen LogP contribution in [0.4, 0.5) is 0 Å². The number of rotatable bonds is 5. The molecule has 0 aliphatic carbocycles. The third-order valence-electron chi connectivity index (χ3n) is 3.90. The number of aliphatic hydroxyl groups excluding tert-OH is 1. The number of hydrogen-bond acceptors (Lipinski definition) is 4. The second-order valence-corrected chi connectivity index (χ2v) is 5.90. The van der Waals surface area contributed by atoms with E-state index in [9.17, 15) is 9.90 Å². The minimum absolute atomic E-state index is 0.0936. The van der Waals surface area contributed by atoms with Gasteiger partial charge in [-0.25, -0.2) is 4.68 Å². The molecule has 5 heteroatoms. The summed E-state index contributed by atoms with van der Waals surface area (Å²) >= 11 is 0. The third kappa shape index (κ3) is 3.46. The van der Waals surface area contributed by atoms with E-state index in [0.29, 0.717) is 11.1 Å². The van der Waals surface area contributed by atoms with Crippen molar-refractivity contribution in [3.05, 3.63) is 70.1 Å². The van der Waals surface area contributed by atoms with E-state index < -0.39 is 6.10 Å². The first-order valence-corrected chi connectivity index (χ1v) is 7.88. The Morgan fingerprint density at radius 1 is 1.08 bits per heavy atom. The summed E-state index contributed by atoms with van der Waals surface area (Å²) < 4.78 is 6.87. The van der Waals surface area contributed by atoms with E-state index in [4.69, 9.17) is 4.74 Å². The minimum Gasteiger partial charge on any atom is -0.491 e. The van der Waals surface area contributed by atoms with E-state index in [0.717, 1.165) is 16.6 Å². The van der Waals surface area contributed by atoms with Crippen LogP contribution in [0.25, 0.3) is 10.8 Å². The van der Waals surface area contributed by atoms with E-state index >= 15 is 0 Å². The number of hydrogen-bond donors (Lipinski definition) is 1. The van der Waals surface area contributed by atoms with Crippen LogP contribution in [0, 0.1) is 13.8 Å². The van der Waals surface area contributed by atoms with Crippen molar-refractivity contribution in [1.82, 2.24) is 9.78 Å². The van der Waals surface area contributed by atoms with Gasteiger partial charge in [0, 0.05) is 5.39 Å². The van der Waals surface area contributed by atoms with Crippen LogP contribution in [-0.2, 0) is 6.54 Å². The van der Waals surface area contributed by atoms with E-state index in [1.54, 1.807) is 6.07 Å². The van der Waals surface area contributed by atoms with E-state index in [-0.39, 0.29) is 18.7 Å². The maximum atomic E-state index is 12.5. The molecule has 0 bridgehead atoms. The molecule has 1 N–H and O–H groups in total. The molecule has 0 fully saturated rings. The van der Waals surface area contributed by atoms with Gasteiger partial charge in [0.1, 0.15) is 18.5 Å². The summed E-state index contributed by atoms with van der Waals surface area (Å²) in [6.07, 6.45) is -0.822. The molecule has 5 nitrogen and oxygen atoms in total. The fourth-order valence-electron chi connectivity index (χ4n) is 2.61. The molecule has 0 aliphatic heterocycles. The lowest BCUT2D eigenvalue weighted by Gasteiger charge is -2.14. The Balaban J connectivity index is 1.73. The van der Waals surface area contributed by atoms with Gasteiger partial charge in [0.05, 0.1) is 17.6 Å². The van der Waals surface area contributed by atoms with Gasteiger partial charge in [-0.2, -0.15) is 5.10 Å². The van der Waals surface area contributed by atoms with Crippen LogP contribution in [0.3, 0.4) is 0 Å². The Kier molecular flexibility index (Phi) is 4.62. The van der Waals surface area contributed by atoms with Crippen LogP contribution >= 0.6 is 0 Å². The molecule has 1 heterocycles. The first-order valence-electron chi connectivity index (χ1n) is 7.88. The van der Waals surface area contributed by atoms with Crippen LogP contribution in [-0.4, -0.2) is 27.6 Å². The molecule has 1 atom stereocenters. The van der Waals surface area contributed by atoms with Crippen LogP contribution in [0.2, 0.25) is 0 Å².